The summed E-state index contributed by atoms with van der Waals surface area (Å²) in [6, 6.07) is 13.2. The number of aromatic nitrogens is 1. The first kappa shape index (κ1) is 10.2. The van der Waals surface area contributed by atoms with E-state index in [1.165, 1.54) is 0 Å². The van der Waals surface area contributed by atoms with E-state index >= 15 is 0 Å². The number of fused-ring (bicyclic) bond motifs is 1. The quantitative estimate of drug-likeness (QED) is 0.508. The molecule has 2 N–H and O–H groups in total. The van der Waals surface area contributed by atoms with Crippen LogP contribution in [0.1, 0.15) is 0 Å². The van der Waals surface area contributed by atoms with Gasteiger partial charge >= 0.3 is 0 Å². The van der Waals surface area contributed by atoms with Crippen molar-refractivity contribution < 1.29 is 4.42 Å². The molecule has 0 radical (unpaired) electrons. The summed E-state index contributed by atoms with van der Waals surface area (Å²) >= 11 is 4.29. The number of benzene rings is 2. The van der Waals surface area contributed by atoms with Gasteiger partial charge in [-0.3, -0.25) is 0 Å². The average Bonchev–Trinajstić information content (AvgIpc) is 2.76. The fourth-order valence-corrected chi connectivity index (χ4v) is 1.89. The third-order valence-electron chi connectivity index (χ3n) is 2.57. The molecule has 1 aromatic heterocycles. The molecule has 0 aliphatic carbocycles. The van der Waals surface area contributed by atoms with Crippen molar-refractivity contribution in [3.63, 3.8) is 0 Å². The van der Waals surface area contributed by atoms with Crippen molar-refractivity contribution in [1.29, 1.82) is 0 Å². The molecular weight excluding hydrogens is 232 g/mol. The van der Waals surface area contributed by atoms with Crippen LogP contribution < -0.4 is 5.73 Å². The summed E-state index contributed by atoms with van der Waals surface area (Å²) in [5, 5.41) is 0. The minimum Gasteiger partial charge on any atom is -0.436 e. The number of anilines is 1. The molecular formula is C13H10N2OS. The van der Waals surface area contributed by atoms with E-state index in [2.05, 4.69) is 17.6 Å². The van der Waals surface area contributed by atoms with Crippen molar-refractivity contribution in [3.05, 3.63) is 42.5 Å². The summed E-state index contributed by atoms with van der Waals surface area (Å²) in [5.41, 5.74) is 8.86. The molecule has 0 atom stereocenters. The molecule has 2 aromatic carbocycles. The predicted octanol–water partition coefficient (Wildman–Crippen LogP) is 3.37. The molecule has 0 unspecified atom stereocenters. The minimum atomic E-state index is 0.585. The van der Waals surface area contributed by atoms with Crippen molar-refractivity contribution in [1.82, 2.24) is 4.98 Å². The number of nitrogen functional groups attached to an aromatic ring is 1. The second-order valence-corrected chi connectivity index (χ2v) is 4.24. The molecule has 3 nitrogen and oxygen atoms in total. The van der Waals surface area contributed by atoms with Crippen LogP contribution in [0.3, 0.4) is 0 Å². The number of para-hydroxylation sites is 2. The van der Waals surface area contributed by atoms with E-state index in [9.17, 15) is 0 Å². The average molecular weight is 242 g/mol. The van der Waals surface area contributed by atoms with Crippen molar-refractivity contribution in [2.24, 2.45) is 0 Å². The van der Waals surface area contributed by atoms with Crippen molar-refractivity contribution in [2.45, 2.75) is 4.90 Å². The minimum absolute atomic E-state index is 0.585. The van der Waals surface area contributed by atoms with Gasteiger partial charge in [-0.2, -0.15) is 0 Å². The Morgan fingerprint density at radius 3 is 2.71 bits per heavy atom. The number of hydrogen-bond donors (Lipinski definition) is 2. The van der Waals surface area contributed by atoms with Gasteiger partial charge in [0, 0.05) is 16.1 Å². The number of rotatable bonds is 1. The first-order chi connectivity index (χ1) is 8.24. The number of hydrogen-bond acceptors (Lipinski definition) is 4. The monoisotopic (exact) mass is 242 g/mol. The Kier molecular flexibility index (Phi) is 2.30. The molecule has 0 amide bonds. The van der Waals surface area contributed by atoms with Crippen LogP contribution in [0.2, 0.25) is 0 Å². The number of oxazole rings is 1. The van der Waals surface area contributed by atoms with Gasteiger partial charge in [-0.05, 0) is 30.3 Å². The molecule has 84 valence electrons. The zero-order chi connectivity index (χ0) is 11.8. The van der Waals surface area contributed by atoms with Gasteiger partial charge in [0.25, 0.3) is 0 Å². The Morgan fingerprint density at radius 1 is 1.12 bits per heavy atom. The lowest BCUT2D eigenvalue weighted by Crippen LogP contribution is -1.87. The Labute approximate surface area is 104 Å². The molecule has 0 aliphatic rings. The van der Waals surface area contributed by atoms with Crippen molar-refractivity contribution >= 4 is 29.4 Å². The molecule has 3 rings (SSSR count). The highest BCUT2D eigenvalue weighted by Crippen LogP contribution is 2.27. The summed E-state index contributed by atoms with van der Waals surface area (Å²) in [6.45, 7) is 0. The zero-order valence-corrected chi connectivity index (χ0v) is 9.82. The normalized spacial score (nSPS) is 10.9. The molecule has 0 fully saturated rings. The second-order valence-electron chi connectivity index (χ2n) is 3.76. The molecule has 4 heteroatoms. The second kappa shape index (κ2) is 3.82. The van der Waals surface area contributed by atoms with E-state index in [4.69, 9.17) is 10.2 Å². The highest BCUT2D eigenvalue weighted by molar-refractivity contribution is 7.80. The first-order valence-corrected chi connectivity index (χ1v) is 5.63. The standard InChI is InChI=1S/C13H10N2OS/c14-9-6-5-8(7-12(9)17)13-15-10-3-1-2-4-11(10)16-13/h1-7,17H,14H2. The van der Waals surface area contributed by atoms with E-state index in [0.717, 1.165) is 21.6 Å². The maximum atomic E-state index is 5.71. The zero-order valence-electron chi connectivity index (χ0n) is 8.92. The highest BCUT2D eigenvalue weighted by atomic mass is 32.1. The van der Waals surface area contributed by atoms with Crippen molar-refractivity contribution in [2.75, 3.05) is 5.73 Å². The van der Waals surface area contributed by atoms with E-state index < -0.39 is 0 Å². The van der Waals surface area contributed by atoms with Crippen LogP contribution in [-0.4, -0.2) is 4.98 Å². The summed E-state index contributed by atoms with van der Waals surface area (Å²) < 4.78 is 5.66. The van der Waals surface area contributed by atoms with Crippen LogP contribution >= 0.6 is 12.6 Å². The number of nitrogens with zero attached hydrogens (tertiary/aromatic N) is 1. The van der Waals surface area contributed by atoms with E-state index in [1.807, 2.05) is 36.4 Å². The van der Waals surface area contributed by atoms with Crippen molar-refractivity contribution in [3.8, 4) is 11.5 Å². The topological polar surface area (TPSA) is 52.0 Å². The Hall–Kier alpha value is -1.94. The lowest BCUT2D eigenvalue weighted by atomic mass is 10.2. The van der Waals surface area contributed by atoms with Gasteiger partial charge in [-0.25, -0.2) is 4.98 Å². The molecule has 0 bridgehead atoms. The summed E-state index contributed by atoms with van der Waals surface area (Å²) in [5.74, 6) is 0.585. The first-order valence-electron chi connectivity index (χ1n) is 5.18. The fraction of sp³-hybridized carbons (Fsp3) is 0. The van der Waals surface area contributed by atoms with E-state index in [1.54, 1.807) is 6.07 Å². The van der Waals surface area contributed by atoms with E-state index in [-0.39, 0.29) is 0 Å². The summed E-state index contributed by atoms with van der Waals surface area (Å²) in [7, 11) is 0. The van der Waals surface area contributed by atoms with Crippen LogP contribution in [0.5, 0.6) is 0 Å². The highest BCUT2D eigenvalue weighted by Gasteiger charge is 2.08. The summed E-state index contributed by atoms with van der Waals surface area (Å²) in [4.78, 5) is 5.14. The Bertz CT molecular complexity index is 658. The molecule has 3 aromatic rings. The van der Waals surface area contributed by atoms with Crippen LogP contribution in [0.25, 0.3) is 22.6 Å². The number of thiol groups is 1. The SMILES string of the molecule is Nc1ccc(-c2nc3ccccc3o2)cc1S. The molecule has 0 aliphatic heterocycles. The molecule has 0 saturated heterocycles. The van der Waals surface area contributed by atoms with Gasteiger partial charge in [-0.1, -0.05) is 12.1 Å². The number of nitrogens with two attached hydrogens (primary N) is 1. The molecule has 0 spiro atoms. The molecule has 17 heavy (non-hydrogen) atoms. The third kappa shape index (κ3) is 1.76. The predicted molar refractivity (Wildman–Crippen MR) is 71.1 cm³/mol. The smallest absolute Gasteiger partial charge is 0.227 e. The van der Waals surface area contributed by atoms with Crippen LogP contribution in [-0.2, 0) is 0 Å². The Balaban J connectivity index is 2.17. The lowest BCUT2D eigenvalue weighted by molar-refractivity contribution is 0.619. The Morgan fingerprint density at radius 2 is 1.94 bits per heavy atom. The fourth-order valence-electron chi connectivity index (χ4n) is 1.67. The van der Waals surface area contributed by atoms with Crippen LogP contribution in [0, 0.1) is 0 Å². The third-order valence-corrected chi connectivity index (χ3v) is 2.96. The van der Waals surface area contributed by atoms with Crippen LogP contribution in [0.4, 0.5) is 5.69 Å². The molecule has 0 saturated carbocycles. The van der Waals surface area contributed by atoms with Gasteiger partial charge < -0.3 is 10.2 Å². The van der Waals surface area contributed by atoms with Gasteiger partial charge in [0.1, 0.15) is 5.52 Å². The van der Waals surface area contributed by atoms with Gasteiger partial charge in [0.2, 0.25) is 5.89 Å². The maximum Gasteiger partial charge on any atom is 0.227 e. The van der Waals surface area contributed by atoms with Gasteiger partial charge in [0.05, 0.1) is 0 Å². The maximum absolute atomic E-state index is 5.71. The van der Waals surface area contributed by atoms with Gasteiger partial charge in [0.15, 0.2) is 5.58 Å². The summed E-state index contributed by atoms with van der Waals surface area (Å²) in [6.07, 6.45) is 0. The van der Waals surface area contributed by atoms with E-state index in [0.29, 0.717) is 11.6 Å². The van der Waals surface area contributed by atoms with Crippen LogP contribution in [0.15, 0.2) is 51.8 Å². The largest absolute Gasteiger partial charge is 0.436 e. The molecule has 1 heterocycles. The lowest BCUT2D eigenvalue weighted by Gasteiger charge is -2.00. The van der Waals surface area contributed by atoms with Gasteiger partial charge in [-0.15, -0.1) is 12.6 Å².